The highest BCUT2D eigenvalue weighted by Gasteiger charge is 2.18. The summed E-state index contributed by atoms with van der Waals surface area (Å²) in [4.78, 5) is 23.1. The van der Waals surface area contributed by atoms with Crippen molar-refractivity contribution in [3.63, 3.8) is 0 Å². The third-order valence-corrected chi connectivity index (χ3v) is 3.17. The first-order valence-electron chi connectivity index (χ1n) is 6.64. The number of aromatic nitrogens is 2. The summed E-state index contributed by atoms with van der Waals surface area (Å²) in [5.74, 6) is -1.43. The minimum Gasteiger partial charge on any atom is -0.480 e. The van der Waals surface area contributed by atoms with Crippen LogP contribution in [-0.4, -0.2) is 32.8 Å². The highest BCUT2D eigenvalue weighted by Crippen LogP contribution is 2.19. The highest BCUT2D eigenvalue weighted by atomic mass is 16.4. The van der Waals surface area contributed by atoms with Crippen LogP contribution < -0.4 is 5.32 Å². The zero-order chi connectivity index (χ0) is 15.4. The summed E-state index contributed by atoms with van der Waals surface area (Å²) in [6, 6.07) is 6.14. The van der Waals surface area contributed by atoms with Crippen molar-refractivity contribution in [2.45, 2.75) is 19.4 Å². The summed E-state index contributed by atoms with van der Waals surface area (Å²) in [6.07, 6.45) is 3.90. The van der Waals surface area contributed by atoms with Gasteiger partial charge in [0.25, 0.3) is 5.91 Å². The zero-order valence-electron chi connectivity index (χ0n) is 11.9. The molecule has 2 rings (SSSR count). The van der Waals surface area contributed by atoms with Crippen molar-refractivity contribution >= 4 is 11.9 Å². The maximum Gasteiger partial charge on any atom is 0.326 e. The van der Waals surface area contributed by atoms with Crippen molar-refractivity contribution in [2.75, 3.05) is 0 Å². The highest BCUT2D eigenvalue weighted by molar-refractivity contribution is 5.97. The van der Waals surface area contributed by atoms with Gasteiger partial charge in [-0.1, -0.05) is 19.1 Å². The maximum atomic E-state index is 12.1. The lowest BCUT2D eigenvalue weighted by molar-refractivity contribution is -0.139. The average molecular weight is 287 g/mol. The molecular formula is C15H17N3O3. The Morgan fingerprint density at radius 1 is 1.38 bits per heavy atom. The van der Waals surface area contributed by atoms with Gasteiger partial charge in [-0.15, -0.1) is 0 Å². The van der Waals surface area contributed by atoms with E-state index in [1.807, 2.05) is 19.3 Å². The van der Waals surface area contributed by atoms with Crippen LogP contribution in [0.3, 0.4) is 0 Å². The molecule has 0 aliphatic carbocycles. The van der Waals surface area contributed by atoms with Crippen molar-refractivity contribution in [3.8, 4) is 11.1 Å². The molecule has 6 heteroatoms. The van der Waals surface area contributed by atoms with Crippen LogP contribution in [0.15, 0.2) is 36.7 Å². The van der Waals surface area contributed by atoms with E-state index >= 15 is 0 Å². The number of amides is 1. The summed E-state index contributed by atoms with van der Waals surface area (Å²) < 4.78 is 1.68. The Kier molecular flexibility index (Phi) is 4.37. The van der Waals surface area contributed by atoms with Crippen LogP contribution in [0, 0.1) is 0 Å². The van der Waals surface area contributed by atoms with Gasteiger partial charge < -0.3 is 10.4 Å². The van der Waals surface area contributed by atoms with Gasteiger partial charge in [0, 0.05) is 24.4 Å². The molecule has 2 N–H and O–H groups in total. The monoisotopic (exact) mass is 287 g/mol. The summed E-state index contributed by atoms with van der Waals surface area (Å²) in [5, 5.41) is 15.6. The molecule has 0 aliphatic heterocycles. The number of hydrogen-bond acceptors (Lipinski definition) is 3. The predicted octanol–water partition coefficient (Wildman–Crippen LogP) is 1.68. The van der Waals surface area contributed by atoms with Crippen molar-refractivity contribution < 1.29 is 14.7 Å². The minimum absolute atomic E-state index is 0.337. The Morgan fingerprint density at radius 2 is 2.14 bits per heavy atom. The molecule has 2 aromatic rings. The Hall–Kier alpha value is -2.63. The van der Waals surface area contributed by atoms with E-state index in [1.165, 1.54) is 0 Å². The van der Waals surface area contributed by atoms with E-state index in [4.69, 9.17) is 5.11 Å². The van der Waals surface area contributed by atoms with Gasteiger partial charge in [0.05, 0.1) is 6.20 Å². The van der Waals surface area contributed by atoms with Crippen LogP contribution in [0.5, 0.6) is 0 Å². The lowest BCUT2D eigenvalue weighted by Crippen LogP contribution is -2.40. The Balaban J connectivity index is 2.21. The largest absolute Gasteiger partial charge is 0.480 e. The molecule has 0 aliphatic rings. The fourth-order valence-electron chi connectivity index (χ4n) is 1.99. The number of aliphatic carboxylic acids is 1. The van der Waals surface area contributed by atoms with Crippen molar-refractivity contribution in [1.29, 1.82) is 0 Å². The molecule has 0 fully saturated rings. The van der Waals surface area contributed by atoms with Gasteiger partial charge in [-0.05, 0) is 24.1 Å². The van der Waals surface area contributed by atoms with Crippen LogP contribution in [0.1, 0.15) is 23.7 Å². The van der Waals surface area contributed by atoms with E-state index in [0.29, 0.717) is 12.0 Å². The molecular weight excluding hydrogens is 270 g/mol. The molecule has 0 bridgehead atoms. The molecule has 110 valence electrons. The number of carboxylic acids is 1. The third-order valence-electron chi connectivity index (χ3n) is 3.17. The number of rotatable bonds is 5. The molecule has 1 atom stereocenters. The lowest BCUT2D eigenvalue weighted by atomic mass is 10.1. The lowest BCUT2D eigenvalue weighted by Gasteiger charge is -2.12. The number of carbonyl (C=O) groups is 2. The first-order valence-corrected chi connectivity index (χ1v) is 6.64. The molecule has 1 unspecified atom stereocenters. The van der Waals surface area contributed by atoms with Crippen LogP contribution in [0.4, 0.5) is 0 Å². The van der Waals surface area contributed by atoms with Crippen LogP contribution in [0.2, 0.25) is 0 Å². The van der Waals surface area contributed by atoms with Crippen molar-refractivity contribution in [3.05, 3.63) is 42.2 Å². The van der Waals surface area contributed by atoms with Gasteiger partial charge in [-0.3, -0.25) is 9.48 Å². The van der Waals surface area contributed by atoms with Gasteiger partial charge in [0.1, 0.15) is 6.04 Å². The van der Waals surface area contributed by atoms with Crippen LogP contribution in [0.25, 0.3) is 11.1 Å². The van der Waals surface area contributed by atoms with Gasteiger partial charge in [0.2, 0.25) is 0 Å². The fraction of sp³-hybridized carbons (Fsp3) is 0.267. The minimum atomic E-state index is -1.03. The molecule has 0 saturated heterocycles. The third kappa shape index (κ3) is 3.47. The zero-order valence-corrected chi connectivity index (χ0v) is 11.9. The number of benzene rings is 1. The fourth-order valence-corrected chi connectivity index (χ4v) is 1.99. The maximum absolute atomic E-state index is 12.1. The number of carboxylic acid groups (broad SMARTS) is 1. The normalized spacial score (nSPS) is 11.9. The second kappa shape index (κ2) is 6.21. The van der Waals surface area contributed by atoms with Crippen molar-refractivity contribution in [1.82, 2.24) is 15.1 Å². The summed E-state index contributed by atoms with van der Waals surface area (Å²) >= 11 is 0. The quantitative estimate of drug-likeness (QED) is 0.876. The average Bonchev–Trinajstić information content (AvgIpc) is 2.91. The van der Waals surface area contributed by atoms with E-state index in [2.05, 4.69) is 10.4 Å². The number of hydrogen-bond donors (Lipinski definition) is 2. The van der Waals surface area contributed by atoms with Gasteiger partial charge >= 0.3 is 5.97 Å². The smallest absolute Gasteiger partial charge is 0.326 e. The number of carbonyl (C=O) groups excluding carboxylic acids is 1. The molecule has 21 heavy (non-hydrogen) atoms. The van der Waals surface area contributed by atoms with Crippen LogP contribution >= 0.6 is 0 Å². The SMILES string of the molecule is CCC(NC(=O)c1cccc(-c2cnn(C)c2)c1)C(=O)O. The molecule has 1 aromatic heterocycles. The number of nitrogens with one attached hydrogen (secondary N) is 1. The molecule has 1 heterocycles. The molecule has 6 nitrogen and oxygen atoms in total. The standard InChI is InChI=1S/C15H17N3O3/c1-3-13(15(20)21)17-14(19)11-6-4-5-10(7-11)12-8-16-18(2)9-12/h4-9,13H,3H2,1-2H3,(H,17,19)(H,20,21). The first-order chi connectivity index (χ1) is 10.0. The Bertz CT molecular complexity index is 664. The summed E-state index contributed by atoms with van der Waals surface area (Å²) in [6.45, 7) is 1.71. The van der Waals surface area contributed by atoms with E-state index in [0.717, 1.165) is 11.1 Å². The Morgan fingerprint density at radius 3 is 2.71 bits per heavy atom. The second-order valence-corrected chi connectivity index (χ2v) is 4.76. The van der Waals surface area contributed by atoms with E-state index in [9.17, 15) is 9.59 Å². The van der Waals surface area contributed by atoms with Crippen molar-refractivity contribution in [2.24, 2.45) is 7.05 Å². The number of aryl methyl sites for hydroxylation is 1. The van der Waals surface area contributed by atoms with Gasteiger partial charge in [0.15, 0.2) is 0 Å². The van der Waals surface area contributed by atoms with E-state index < -0.39 is 17.9 Å². The molecule has 1 aromatic carbocycles. The van der Waals surface area contributed by atoms with Gasteiger partial charge in [-0.2, -0.15) is 5.10 Å². The second-order valence-electron chi connectivity index (χ2n) is 4.76. The van der Waals surface area contributed by atoms with Crippen LogP contribution in [-0.2, 0) is 11.8 Å². The topological polar surface area (TPSA) is 84.2 Å². The van der Waals surface area contributed by atoms with Gasteiger partial charge in [-0.25, -0.2) is 4.79 Å². The first kappa shape index (κ1) is 14.8. The molecule has 0 radical (unpaired) electrons. The molecule has 1 amide bonds. The van der Waals surface area contributed by atoms with E-state index in [1.54, 1.807) is 36.0 Å². The predicted molar refractivity (Wildman–Crippen MR) is 77.8 cm³/mol. The molecule has 0 saturated carbocycles. The summed E-state index contributed by atoms with van der Waals surface area (Å²) in [5.41, 5.74) is 2.19. The Labute approximate surface area is 122 Å². The molecule has 0 spiro atoms. The number of nitrogens with zero attached hydrogens (tertiary/aromatic N) is 2. The summed E-state index contributed by atoms with van der Waals surface area (Å²) in [7, 11) is 1.82. The van der Waals surface area contributed by atoms with E-state index in [-0.39, 0.29) is 0 Å².